The van der Waals surface area contributed by atoms with Gasteiger partial charge in [0.15, 0.2) is 0 Å². The normalized spacial score (nSPS) is 21.8. The van der Waals surface area contributed by atoms with Gasteiger partial charge in [0.25, 0.3) is 0 Å². The third kappa shape index (κ3) is 3.59. The van der Waals surface area contributed by atoms with Crippen LogP contribution in [0.2, 0.25) is 8.67 Å². The molecule has 0 radical (unpaired) electrons. The fourth-order valence-corrected chi connectivity index (χ4v) is 5.33. The summed E-state index contributed by atoms with van der Waals surface area (Å²) in [5, 5.41) is 3.21. The summed E-state index contributed by atoms with van der Waals surface area (Å²) < 4.78 is 27.6. The molecule has 2 heterocycles. The second-order valence-corrected chi connectivity index (χ2v) is 8.17. The Hall–Kier alpha value is 0.150. The summed E-state index contributed by atoms with van der Waals surface area (Å²) >= 11 is 12.7. The molecule has 0 amide bonds. The Morgan fingerprint density at radius 2 is 2.17 bits per heavy atom. The van der Waals surface area contributed by atoms with E-state index in [1.54, 1.807) is 0 Å². The third-order valence-corrected chi connectivity index (χ3v) is 6.06. The molecule has 0 saturated carbocycles. The maximum Gasteiger partial charge on any atom is 0.243 e. The minimum atomic E-state index is -3.58. The fourth-order valence-electron chi connectivity index (χ4n) is 1.91. The molecular formula is C10H14Cl2N2O2S2. The van der Waals surface area contributed by atoms with Crippen LogP contribution in [-0.2, 0) is 10.0 Å². The summed E-state index contributed by atoms with van der Waals surface area (Å²) in [6, 6.07) is 1.30. The van der Waals surface area contributed by atoms with Crippen molar-refractivity contribution in [2.75, 3.05) is 13.1 Å². The van der Waals surface area contributed by atoms with Crippen LogP contribution in [-0.4, -0.2) is 27.5 Å². The van der Waals surface area contributed by atoms with Gasteiger partial charge in [0.2, 0.25) is 10.0 Å². The average Bonchev–Trinajstić information content (AvgIpc) is 2.51. The van der Waals surface area contributed by atoms with Crippen molar-refractivity contribution in [2.24, 2.45) is 0 Å². The summed E-state index contributed by atoms with van der Waals surface area (Å²) in [5.41, 5.74) is 0. The molecule has 1 aliphatic rings. The monoisotopic (exact) mass is 328 g/mol. The lowest BCUT2D eigenvalue weighted by molar-refractivity contribution is 0.521. The standard InChI is InChI=1S/C10H14Cl2N2O2S2/c11-9-5-8(10(12)17-9)18(15,16)14-7-3-1-2-4-13-6-7/h5,7,13-14H,1-4,6H2. The van der Waals surface area contributed by atoms with Crippen molar-refractivity contribution >= 4 is 44.6 Å². The highest BCUT2D eigenvalue weighted by Crippen LogP contribution is 2.34. The van der Waals surface area contributed by atoms with E-state index in [-0.39, 0.29) is 15.3 Å². The van der Waals surface area contributed by atoms with E-state index in [4.69, 9.17) is 23.2 Å². The number of thiophene rings is 1. The lowest BCUT2D eigenvalue weighted by atomic mass is 10.2. The van der Waals surface area contributed by atoms with Gasteiger partial charge in [-0.15, -0.1) is 11.3 Å². The van der Waals surface area contributed by atoms with Crippen molar-refractivity contribution in [3.05, 3.63) is 14.7 Å². The molecule has 1 aliphatic heterocycles. The summed E-state index contributed by atoms with van der Waals surface area (Å²) in [6.07, 6.45) is 2.92. The molecule has 18 heavy (non-hydrogen) atoms. The molecule has 2 rings (SSSR count). The van der Waals surface area contributed by atoms with E-state index in [0.717, 1.165) is 37.1 Å². The number of sulfonamides is 1. The molecule has 0 aromatic carbocycles. The summed E-state index contributed by atoms with van der Waals surface area (Å²) in [7, 11) is -3.58. The largest absolute Gasteiger partial charge is 0.315 e. The van der Waals surface area contributed by atoms with Crippen molar-refractivity contribution < 1.29 is 8.42 Å². The van der Waals surface area contributed by atoms with Crippen molar-refractivity contribution in [1.82, 2.24) is 10.0 Å². The second-order valence-electron chi connectivity index (χ2n) is 4.21. The SMILES string of the molecule is O=S(=O)(NC1CCCCNC1)c1cc(Cl)sc1Cl. The molecule has 8 heteroatoms. The van der Waals surface area contributed by atoms with E-state index >= 15 is 0 Å². The van der Waals surface area contributed by atoms with E-state index in [0.29, 0.717) is 10.9 Å². The Balaban J connectivity index is 2.13. The number of hydrogen-bond acceptors (Lipinski definition) is 4. The Labute approximate surface area is 121 Å². The highest BCUT2D eigenvalue weighted by Gasteiger charge is 2.24. The first-order valence-electron chi connectivity index (χ1n) is 5.67. The molecule has 0 spiro atoms. The Bertz CT molecular complexity index is 508. The van der Waals surface area contributed by atoms with Crippen LogP contribution in [0.1, 0.15) is 19.3 Å². The highest BCUT2D eigenvalue weighted by atomic mass is 35.5. The van der Waals surface area contributed by atoms with Crippen LogP contribution in [0, 0.1) is 0 Å². The van der Waals surface area contributed by atoms with Gasteiger partial charge in [-0.2, -0.15) is 0 Å². The lowest BCUT2D eigenvalue weighted by Crippen LogP contribution is -2.40. The zero-order valence-corrected chi connectivity index (χ0v) is 12.7. The van der Waals surface area contributed by atoms with Crippen LogP contribution in [0.4, 0.5) is 0 Å². The summed E-state index contributed by atoms with van der Waals surface area (Å²) in [5.74, 6) is 0. The first-order chi connectivity index (χ1) is 8.49. The number of nitrogens with one attached hydrogen (secondary N) is 2. The van der Waals surface area contributed by atoms with Crippen molar-refractivity contribution in [1.29, 1.82) is 0 Å². The Kier molecular flexibility index (Phi) is 4.91. The lowest BCUT2D eigenvalue weighted by Gasteiger charge is -2.16. The molecule has 1 fully saturated rings. The molecule has 0 aliphatic carbocycles. The topological polar surface area (TPSA) is 58.2 Å². The molecule has 1 aromatic rings. The predicted octanol–water partition coefficient (Wildman–Crippen LogP) is 2.48. The van der Waals surface area contributed by atoms with Crippen molar-refractivity contribution in [2.45, 2.75) is 30.2 Å². The fraction of sp³-hybridized carbons (Fsp3) is 0.600. The van der Waals surface area contributed by atoms with Gasteiger partial charge in [0.05, 0.1) is 4.34 Å². The van der Waals surface area contributed by atoms with Crippen LogP contribution in [0.5, 0.6) is 0 Å². The zero-order chi connectivity index (χ0) is 13.2. The van der Waals surface area contributed by atoms with Crippen molar-refractivity contribution in [3.8, 4) is 0 Å². The van der Waals surface area contributed by atoms with Crippen LogP contribution in [0.25, 0.3) is 0 Å². The first-order valence-corrected chi connectivity index (χ1v) is 8.72. The molecule has 1 atom stereocenters. The Morgan fingerprint density at radius 3 is 2.83 bits per heavy atom. The number of hydrogen-bond donors (Lipinski definition) is 2. The van der Waals surface area contributed by atoms with Gasteiger partial charge in [-0.1, -0.05) is 29.6 Å². The van der Waals surface area contributed by atoms with E-state index < -0.39 is 10.0 Å². The first kappa shape index (κ1) is 14.6. The quantitative estimate of drug-likeness (QED) is 0.896. The predicted molar refractivity (Wildman–Crippen MR) is 75.2 cm³/mol. The molecule has 102 valence electrons. The molecular weight excluding hydrogens is 315 g/mol. The van der Waals surface area contributed by atoms with Gasteiger partial charge in [-0.05, 0) is 25.5 Å². The summed E-state index contributed by atoms with van der Waals surface area (Å²) in [4.78, 5) is 0.0726. The smallest absolute Gasteiger partial charge is 0.243 e. The van der Waals surface area contributed by atoms with Crippen LogP contribution in [0.3, 0.4) is 0 Å². The molecule has 2 N–H and O–H groups in total. The van der Waals surface area contributed by atoms with Gasteiger partial charge in [-0.3, -0.25) is 0 Å². The van der Waals surface area contributed by atoms with E-state index in [1.165, 1.54) is 6.07 Å². The van der Waals surface area contributed by atoms with Gasteiger partial charge in [0, 0.05) is 12.6 Å². The van der Waals surface area contributed by atoms with Crippen molar-refractivity contribution in [3.63, 3.8) is 0 Å². The van der Waals surface area contributed by atoms with Gasteiger partial charge in [0.1, 0.15) is 9.23 Å². The van der Waals surface area contributed by atoms with Gasteiger partial charge < -0.3 is 5.32 Å². The van der Waals surface area contributed by atoms with E-state index in [1.807, 2.05) is 0 Å². The molecule has 1 unspecified atom stereocenters. The maximum absolute atomic E-state index is 12.2. The van der Waals surface area contributed by atoms with Crippen LogP contribution in [0.15, 0.2) is 11.0 Å². The highest BCUT2D eigenvalue weighted by molar-refractivity contribution is 7.89. The minimum absolute atomic E-state index is 0.0726. The zero-order valence-electron chi connectivity index (χ0n) is 9.58. The molecule has 1 aromatic heterocycles. The van der Waals surface area contributed by atoms with Gasteiger partial charge in [-0.25, -0.2) is 13.1 Å². The number of halogens is 2. The maximum atomic E-state index is 12.2. The molecule has 0 bridgehead atoms. The number of rotatable bonds is 3. The van der Waals surface area contributed by atoms with E-state index in [2.05, 4.69) is 10.0 Å². The van der Waals surface area contributed by atoms with E-state index in [9.17, 15) is 8.42 Å². The second kappa shape index (κ2) is 6.07. The van der Waals surface area contributed by atoms with Gasteiger partial charge >= 0.3 is 0 Å². The average molecular weight is 329 g/mol. The van der Waals surface area contributed by atoms with Crippen LogP contribution < -0.4 is 10.0 Å². The molecule has 1 saturated heterocycles. The minimum Gasteiger partial charge on any atom is -0.315 e. The van der Waals surface area contributed by atoms with Crippen LogP contribution >= 0.6 is 34.5 Å². The third-order valence-electron chi connectivity index (χ3n) is 2.78. The summed E-state index contributed by atoms with van der Waals surface area (Å²) in [6.45, 7) is 1.58. The Morgan fingerprint density at radius 1 is 1.39 bits per heavy atom. The molecule has 4 nitrogen and oxygen atoms in total.